The van der Waals surface area contributed by atoms with Crippen molar-refractivity contribution in [1.29, 1.82) is 0 Å². The number of hydrogen-bond donors (Lipinski definition) is 3. The molecule has 7 heteroatoms. The molecule has 4 aromatic rings. The maximum atomic E-state index is 11.2. The van der Waals surface area contributed by atoms with Crippen LogP contribution in [0.15, 0.2) is 66.9 Å². The van der Waals surface area contributed by atoms with Gasteiger partial charge in [0.25, 0.3) is 0 Å². The number of hydrogen-bond acceptors (Lipinski definition) is 4. The van der Waals surface area contributed by atoms with Gasteiger partial charge in [-0.3, -0.25) is 10.3 Å². The number of halogens is 1. The Morgan fingerprint density at radius 2 is 1.96 bits per heavy atom. The molecule has 28 heavy (non-hydrogen) atoms. The number of carbonyl (C=O) groups is 1. The molecule has 1 amide bonds. The van der Waals surface area contributed by atoms with Crippen molar-refractivity contribution in [3.8, 4) is 11.1 Å². The average Bonchev–Trinajstić information content (AvgIpc) is 3.11. The lowest BCUT2D eigenvalue weighted by Gasteiger charge is -2.13. The minimum absolute atomic E-state index is 0.509. The van der Waals surface area contributed by atoms with E-state index < -0.39 is 6.09 Å². The molecule has 5 nitrogen and oxygen atoms in total. The number of rotatable bonds is 5. The minimum atomic E-state index is -1.11. The quantitative estimate of drug-likeness (QED) is 0.360. The number of pyridine rings is 1. The van der Waals surface area contributed by atoms with Crippen molar-refractivity contribution in [3.63, 3.8) is 0 Å². The van der Waals surface area contributed by atoms with Gasteiger partial charge in [-0.05, 0) is 42.5 Å². The summed E-state index contributed by atoms with van der Waals surface area (Å²) in [6, 6.07) is 19.2. The lowest BCUT2D eigenvalue weighted by atomic mass is 10.0. The van der Waals surface area contributed by atoms with E-state index in [4.69, 9.17) is 11.6 Å². The van der Waals surface area contributed by atoms with Crippen LogP contribution in [-0.2, 0) is 6.54 Å². The van der Waals surface area contributed by atoms with Crippen molar-refractivity contribution in [3.05, 3.63) is 76.1 Å². The van der Waals surface area contributed by atoms with Crippen LogP contribution in [-0.4, -0.2) is 16.2 Å². The predicted molar refractivity (Wildman–Crippen MR) is 115 cm³/mol. The number of carboxylic acid groups (broad SMARTS) is 1. The lowest BCUT2D eigenvalue weighted by molar-refractivity contribution is 0.210. The van der Waals surface area contributed by atoms with E-state index in [2.05, 4.69) is 15.6 Å². The number of fused-ring (bicyclic) bond motifs is 1. The Balaban J connectivity index is 1.69. The summed E-state index contributed by atoms with van der Waals surface area (Å²) < 4.78 is 0.751. The second-order valence-electron chi connectivity index (χ2n) is 6.17. The van der Waals surface area contributed by atoms with Crippen LogP contribution in [0.3, 0.4) is 0 Å². The smallest absolute Gasteiger partial charge is 0.409 e. The molecule has 0 aliphatic rings. The van der Waals surface area contributed by atoms with Crippen LogP contribution < -0.4 is 10.6 Å². The largest absolute Gasteiger partial charge is 0.465 e. The molecule has 0 saturated carbocycles. The van der Waals surface area contributed by atoms with Crippen LogP contribution in [0.25, 0.3) is 22.0 Å². The van der Waals surface area contributed by atoms with Crippen molar-refractivity contribution >= 4 is 51.3 Å². The predicted octanol–water partition coefficient (Wildman–Crippen LogP) is 6.32. The van der Waals surface area contributed by atoms with Crippen molar-refractivity contribution < 1.29 is 9.90 Å². The molecule has 0 aliphatic heterocycles. The van der Waals surface area contributed by atoms with Gasteiger partial charge in [-0.2, -0.15) is 0 Å². The summed E-state index contributed by atoms with van der Waals surface area (Å²) in [6.45, 7) is 0.637. The molecule has 0 spiro atoms. The Hall–Kier alpha value is -3.09. The van der Waals surface area contributed by atoms with Gasteiger partial charge in [0, 0.05) is 39.8 Å². The van der Waals surface area contributed by atoms with E-state index >= 15 is 0 Å². The van der Waals surface area contributed by atoms with Gasteiger partial charge >= 0.3 is 6.09 Å². The number of anilines is 2. The fraction of sp³-hybridized carbons (Fsp3) is 0.0476. The molecule has 2 heterocycles. The molecular weight excluding hydrogens is 394 g/mol. The second kappa shape index (κ2) is 7.88. The number of nitrogens with one attached hydrogen (secondary N) is 2. The summed E-state index contributed by atoms with van der Waals surface area (Å²) in [5.74, 6) is 0. The van der Waals surface area contributed by atoms with Gasteiger partial charge in [-0.25, -0.2) is 4.79 Å². The van der Waals surface area contributed by atoms with E-state index in [1.807, 2.05) is 54.6 Å². The van der Waals surface area contributed by atoms with Gasteiger partial charge < -0.3 is 10.4 Å². The van der Waals surface area contributed by atoms with Crippen LogP contribution in [0.4, 0.5) is 16.2 Å². The fourth-order valence-corrected chi connectivity index (χ4v) is 4.00. The number of benzene rings is 2. The minimum Gasteiger partial charge on any atom is -0.465 e. The van der Waals surface area contributed by atoms with E-state index in [0.29, 0.717) is 12.2 Å². The fourth-order valence-electron chi connectivity index (χ4n) is 2.97. The molecule has 4 rings (SSSR count). The zero-order valence-corrected chi connectivity index (χ0v) is 16.2. The molecule has 0 radical (unpaired) electrons. The molecule has 0 aliphatic carbocycles. The summed E-state index contributed by atoms with van der Waals surface area (Å²) in [5.41, 5.74) is 3.88. The lowest BCUT2D eigenvalue weighted by Crippen LogP contribution is -2.08. The highest BCUT2D eigenvalue weighted by molar-refractivity contribution is 7.16. The summed E-state index contributed by atoms with van der Waals surface area (Å²) in [7, 11) is 0. The Labute approximate surface area is 170 Å². The first-order valence-electron chi connectivity index (χ1n) is 8.56. The van der Waals surface area contributed by atoms with E-state index in [1.54, 1.807) is 12.3 Å². The van der Waals surface area contributed by atoms with E-state index in [1.165, 1.54) is 11.3 Å². The van der Waals surface area contributed by atoms with Gasteiger partial charge in [0.15, 0.2) is 0 Å². The molecule has 2 aromatic heterocycles. The Morgan fingerprint density at radius 1 is 1.11 bits per heavy atom. The highest BCUT2D eigenvalue weighted by Crippen LogP contribution is 2.32. The van der Waals surface area contributed by atoms with Gasteiger partial charge in [-0.15, -0.1) is 11.3 Å². The average molecular weight is 410 g/mol. The van der Waals surface area contributed by atoms with Crippen LogP contribution in [0.5, 0.6) is 0 Å². The van der Waals surface area contributed by atoms with Crippen molar-refractivity contribution in [1.82, 2.24) is 4.98 Å². The highest BCUT2D eigenvalue weighted by atomic mass is 35.5. The first kappa shape index (κ1) is 18.3. The standard InChI is InChI=1S/C21H16ClN3O2S/c22-20-8-6-16(28-20)12-23-15-5-7-19(25-21(26)27)17(10-15)14-9-13-3-1-2-4-18(13)24-11-14/h1-11,23,25H,12H2,(H,26,27). The number of thiophene rings is 1. The molecule has 2 aromatic carbocycles. The summed E-state index contributed by atoms with van der Waals surface area (Å²) in [4.78, 5) is 16.8. The first-order valence-corrected chi connectivity index (χ1v) is 9.75. The van der Waals surface area contributed by atoms with Crippen LogP contribution >= 0.6 is 22.9 Å². The first-order chi connectivity index (χ1) is 13.6. The normalized spacial score (nSPS) is 10.8. The second-order valence-corrected chi connectivity index (χ2v) is 7.97. The molecule has 0 fully saturated rings. The number of nitrogens with zero attached hydrogens (tertiary/aromatic N) is 1. The van der Waals surface area contributed by atoms with Gasteiger partial charge in [-0.1, -0.05) is 29.8 Å². The molecule has 0 saturated heterocycles. The summed E-state index contributed by atoms with van der Waals surface area (Å²) in [5, 5.41) is 16.0. The monoisotopic (exact) mass is 409 g/mol. The SMILES string of the molecule is O=C(O)Nc1ccc(NCc2ccc(Cl)s2)cc1-c1cnc2ccccc2c1. The number of amides is 1. The van der Waals surface area contributed by atoms with E-state index in [9.17, 15) is 9.90 Å². The molecule has 3 N–H and O–H groups in total. The van der Waals surface area contributed by atoms with Crippen LogP contribution in [0.2, 0.25) is 4.34 Å². The molecular formula is C21H16ClN3O2S. The Kier molecular flexibility index (Phi) is 5.14. The van der Waals surface area contributed by atoms with Gasteiger partial charge in [0.05, 0.1) is 15.5 Å². The maximum Gasteiger partial charge on any atom is 0.409 e. The molecule has 0 unspecified atom stereocenters. The van der Waals surface area contributed by atoms with Crippen LogP contribution in [0, 0.1) is 0 Å². The van der Waals surface area contributed by atoms with E-state index in [-0.39, 0.29) is 0 Å². The number of para-hydroxylation sites is 1. The maximum absolute atomic E-state index is 11.2. The van der Waals surface area contributed by atoms with Crippen molar-refractivity contribution in [2.24, 2.45) is 0 Å². The van der Waals surface area contributed by atoms with Gasteiger partial charge in [0.1, 0.15) is 0 Å². The number of aromatic nitrogens is 1. The topological polar surface area (TPSA) is 74.2 Å². The third-order valence-corrected chi connectivity index (χ3v) is 5.49. The zero-order chi connectivity index (χ0) is 19.5. The van der Waals surface area contributed by atoms with Gasteiger partial charge in [0.2, 0.25) is 0 Å². The third-order valence-electron chi connectivity index (χ3n) is 4.26. The van der Waals surface area contributed by atoms with Crippen molar-refractivity contribution in [2.45, 2.75) is 6.54 Å². The summed E-state index contributed by atoms with van der Waals surface area (Å²) >= 11 is 7.51. The zero-order valence-electron chi connectivity index (χ0n) is 14.6. The molecule has 140 valence electrons. The van der Waals surface area contributed by atoms with Crippen LogP contribution in [0.1, 0.15) is 4.88 Å². The van der Waals surface area contributed by atoms with Crippen molar-refractivity contribution in [2.75, 3.05) is 10.6 Å². The summed E-state index contributed by atoms with van der Waals surface area (Å²) in [6.07, 6.45) is 0.650. The molecule has 0 bridgehead atoms. The third kappa shape index (κ3) is 4.08. The van der Waals surface area contributed by atoms with E-state index in [0.717, 1.165) is 36.9 Å². The Morgan fingerprint density at radius 3 is 2.75 bits per heavy atom. The highest BCUT2D eigenvalue weighted by Gasteiger charge is 2.11. The molecule has 0 atom stereocenters. The Bertz CT molecular complexity index is 1160.